The van der Waals surface area contributed by atoms with Crippen molar-refractivity contribution >= 4 is 22.7 Å². The second-order valence-electron chi connectivity index (χ2n) is 9.80. The Hall–Kier alpha value is -4.42. The number of rotatable bonds is 8. The van der Waals surface area contributed by atoms with Gasteiger partial charge in [-0.05, 0) is 29.3 Å². The van der Waals surface area contributed by atoms with Gasteiger partial charge in [-0.15, -0.1) is 0 Å². The predicted octanol–water partition coefficient (Wildman–Crippen LogP) is 6.16. The molecule has 4 aromatic carbocycles. The van der Waals surface area contributed by atoms with Gasteiger partial charge in [0.15, 0.2) is 0 Å². The number of methoxy groups -OCH3 is 1. The van der Waals surface area contributed by atoms with E-state index < -0.39 is 0 Å². The van der Waals surface area contributed by atoms with Gasteiger partial charge in [0.1, 0.15) is 11.6 Å². The molecule has 0 amide bonds. The first-order valence-corrected chi connectivity index (χ1v) is 13.5. The molecule has 2 heterocycles. The number of ether oxygens (including phenoxy) is 1. The number of nitrogens with one attached hydrogen (secondary N) is 1. The molecule has 0 spiro atoms. The van der Waals surface area contributed by atoms with E-state index in [2.05, 4.69) is 94.0 Å². The minimum atomic E-state index is 0.227. The molecular weight excluding hydrogens is 482 g/mol. The van der Waals surface area contributed by atoms with Gasteiger partial charge in [0.05, 0.1) is 18.7 Å². The third kappa shape index (κ3) is 5.42. The van der Waals surface area contributed by atoms with Crippen LogP contribution in [0.15, 0.2) is 109 Å². The van der Waals surface area contributed by atoms with E-state index in [1.165, 1.54) is 11.1 Å². The molecule has 196 valence electrons. The van der Waals surface area contributed by atoms with Crippen molar-refractivity contribution in [1.29, 1.82) is 0 Å². The smallest absolute Gasteiger partial charge is 0.227 e. The Morgan fingerprint density at radius 2 is 1.33 bits per heavy atom. The van der Waals surface area contributed by atoms with Gasteiger partial charge in [-0.3, -0.25) is 4.90 Å². The number of hydrogen-bond donors (Lipinski definition) is 1. The summed E-state index contributed by atoms with van der Waals surface area (Å²) < 4.78 is 5.55. The maximum absolute atomic E-state index is 5.55. The Morgan fingerprint density at radius 1 is 0.718 bits per heavy atom. The molecule has 0 radical (unpaired) electrons. The van der Waals surface area contributed by atoms with Gasteiger partial charge in [0.25, 0.3) is 0 Å². The summed E-state index contributed by atoms with van der Waals surface area (Å²) >= 11 is 0. The lowest BCUT2D eigenvalue weighted by Gasteiger charge is -2.40. The first kappa shape index (κ1) is 24.9. The molecule has 1 N–H and O–H groups in total. The lowest BCUT2D eigenvalue weighted by molar-refractivity contribution is 0.211. The Labute approximate surface area is 229 Å². The molecule has 1 saturated heterocycles. The van der Waals surface area contributed by atoms with Crippen molar-refractivity contribution in [1.82, 2.24) is 14.9 Å². The summed E-state index contributed by atoms with van der Waals surface area (Å²) in [5.74, 6) is 2.48. The van der Waals surface area contributed by atoms with Gasteiger partial charge in [0.2, 0.25) is 5.95 Å². The van der Waals surface area contributed by atoms with E-state index >= 15 is 0 Å². The van der Waals surface area contributed by atoms with Crippen molar-refractivity contribution in [2.24, 2.45) is 0 Å². The van der Waals surface area contributed by atoms with Crippen LogP contribution < -0.4 is 15.0 Å². The van der Waals surface area contributed by atoms with E-state index in [0.717, 1.165) is 60.2 Å². The van der Waals surface area contributed by atoms with Crippen molar-refractivity contribution < 1.29 is 4.74 Å². The fourth-order valence-corrected chi connectivity index (χ4v) is 5.43. The lowest BCUT2D eigenvalue weighted by Crippen LogP contribution is -2.48. The zero-order valence-electron chi connectivity index (χ0n) is 22.2. The van der Waals surface area contributed by atoms with E-state index in [0.29, 0.717) is 6.54 Å². The van der Waals surface area contributed by atoms with Crippen molar-refractivity contribution in [2.75, 3.05) is 43.5 Å². The number of aromatic nitrogens is 2. The summed E-state index contributed by atoms with van der Waals surface area (Å²) in [4.78, 5) is 14.9. The molecule has 1 aliphatic heterocycles. The van der Waals surface area contributed by atoms with E-state index in [9.17, 15) is 0 Å². The molecular formula is C33H33N5O. The van der Waals surface area contributed by atoms with Crippen LogP contribution in [0.25, 0.3) is 10.9 Å². The lowest BCUT2D eigenvalue weighted by atomic mass is 9.96. The standard InChI is InChI=1S/C33H33N5O/c1-39-30-19-11-8-16-27(30)24-34-32-28-17-9-10-18-29(28)35-33(36-32)38-22-20-37(21-23-38)31(25-12-4-2-5-13-25)26-14-6-3-7-15-26/h2-19,31H,20-24H2,1H3,(H,34,35,36). The van der Waals surface area contributed by atoms with E-state index in [1.807, 2.05) is 30.3 Å². The van der Waals surface area contributed by atoms with E-state index in [4.69, 9.17) is 14.7 Å². The number of para-hydroxylation sites is 2. The van der Waals surface area contributed by atoms with Crippen molar-refractivity contribution in [3.8, 4) is 5.75 Å². The number of fused-ring (bicyclic) bond motifs is 1. The number of anilines is 2. The third-order valence-corrected chi connectivity index (χ3v) is 7.42. The number of benzene rings is 4. The monoisotopic (exact) mass is 515 g/mol. The summed E-state index contributed by atoms with van der Waals surface area (Å²) in [5, 5.41) is 4.58. The first-order chi connectivity index (χ1) is 19.3. The van der Waals surface area contributed by atoms with Crippen LogP contribution in [0.5, 0.6) is 5.75 Å². The van der Waals surface area contributed by atoms with Gasteiger partial charge < -0.3 is 15.0 Å². The van der Waals surface area contributed by atoms with Crippen LogP contribution in [0.3, 0.4) is 0 Å². The molecule has 1 aliphatic rings. The molecule has 0 saturated carbocycles. The molecule has 1 aromatic heterocycles. The van der Waals surface area contributed by atoms with Crippen LogP contribution in [0.4, 0.5) is 11.8 Å². The first-order valence-electron chi connectivity index (χ1n) is 13.5. The second kappa shape index (κ2) is 11.5. The van der Waals surface area contributed by atoms with Crippen molar-refractivity contribution in [3.05, 3.63) is 126 Å². The molecule has 6 heteroatoms. The molecule has 6 nitrogen and oxygen atoms in total. The van der Waals surface area contributed by atoms with E-state index in [-0.39, 0.29) is 6.04 Å². The van der Waals surface area contributed by atoms with Crippen molar-refractivity contribution in [3.63, 3.8) is 0 Å². The Kier molecular flexibility index (Phi) is 7.36. The normalized spacial score (nSPS) is 14.1. The van der Waals surface area contributed by atoms with Crippen LogP contribution in [-0.4, -0.2) is 48.2 Å². The topological polar surface area (TPSA) is 53.5 Å². The average molecular weight is 516 g/mol. The summed E-state index contributed by atoms with van der Waals surface area (Å²) in [6, 6.07) is 38.1. The zero-order chi connectivity index (χ0) is 26.4. The minimum absolute atomic E-state index is 0.227. The Morgan fingerprint density at radius 3 is 2.03 bits per heavy atom. The van der Waals surface area contributed by atoms with Gasteiger partial charge in [-0.1, -0.05) is 91.0 Å². The van der Waals surface area contributed by atoms with Crippen molar-refractivity contribution in [2.45, 2.75) is 12.6 Å². The van der Waals surface area contributed by atoms with Gasteiger partial charge >= 0.3 is 0 Å². The molecule has 5 aromatic rings. The largest absolute Gasteiger partial charge is 0.496 e. The summed E-state index contributed by atoms with van der Waals surface area (Å²) in [6.07, 6.45) is 0. The number of piperazine rings is 1. The Bertz CT molecular complexity index is 1480. The molecule has 0 unspecified atom stereocenters. The van der Waals surface area contributed by atoms with Crippen LogP contribution in [0, 0.1) is 0 Å². The molecule has 0 atom stereocenters. The average Bonchev–Trinajstić information content (AvgIpc) is 3.01. The number of hydrogen-bond acceptors (Lipinski definition) is 6. The summed E-state index contributed by atoms with van der Waals surface area (Å²) in [7, 11) is 1.71. The quantitative estimate of drug-likeness (QED) is 0.267. The van der Waals surface area contributed by atoms with Gasteiger partial charge in [-0.2, -0.15) is 4.98 Å². The highest BCUT2D eigenvalue weighted by Crippen LogP contribution is 2.31. The van der Waals surface area contributed by atoms with Crippen LogP contribution in [0.1, 0.15) is 22.7 Å². The van der Waals surface area contributed by atoms with E-state index in [1.54, 1.807) is 7.11 Å². The van der Waals surface area contributed by atoms with Crippen LogP contribution >= 0.6 is 0 Å². The minimum Gasteiger partial charge on any atom is -0.496 e. The molecule has 0 bridgehead atoms. The molecule has 39 heavy (non-hydrogen) atoms. The number of nitrogens with zero attached hydrogens (tertiary/aromatic N) is 4. The third-order valence-electron chi connectivity index (χ3n) is 7.42. The highest BCUT2D eigenvalue weighted by Gasteiger charge is 2.27. The molecule has 0 aliphatic carbocycles. The highest BCUT2D eigenvalue weighted by atomic mass is 16.5. The predicted molar refractivity (Wildman–Crippen MR) is 158 cm³/mol. The van der Waals surface area contributed by atoms with Gasteiger partial charge in [0, 0.05) is 43.7 Å². The summed E-state index contributed by atoms with van der Waals surface area (Å²) in [6.45, 7) is 4.19. The second-order valence-corrected chi connectivity index (χ2v) is 9.80. The molecule has 1 fully saturated rings. The molecule has 6 rings (SSSR count). The zero-order valence-corrected chi connectivity index (χ0v) is 22.2. The summed E-state index contributed by atoms with van der Waals surface area (Å²) in [5.41, 5.74) is 4.67. The van der Waals surface area contributed by atoms with Crippen LogP contribution in [0.2, 0.25) is 0 Å². The fraction of sp³-hybridized carbons (Fsp3) is 0.212. The fourth-order valence-electron chi connectivity index (χ4n) is 5.43. The maximum Gasteiger partial charge on any atom is 0.227 e. The van der Waals surface area contributed by atoms with Gasteiger partial charge in [-0.25, -0.2) is 4.98 Å². The SMILES string of the molecule is COc1ccccc1CNc1nc(N2CCN(C(c3ccccc3)c3ccccc3)CC2)nc2ccccc12. The highest BCUT2D eigenvalue weighted by molar-refractivity contribution is 5.90. The Balaban J connectivity index is 1.23. The van der Waals surface area contributed by atoms with Crippen LogP contribution in [-0.2, 0) is 6.54 Å². The maximum atomic E-state index is 5.55.